The number of amides is 1. The number of imidazole rings is 1. The average Bonchev–Trinajstić information content (AvgIpc) is 2.72. The Bertz CT molecular complexity index is 734. The lowest BCUT2D eigenvalue weighted by Crippen LogP contribution is -2.30. The predicted molar refractivity (Wildman–Crippen MR) is 76.7 cm³/mol. The lowest BCUT2D eigenvalue weighted by Gasteiger charge is -2.08. The van der Waals surface area contributed by atoms with E-state index in [2.05, 4.69) is 4.98 Å². The number of carbonyl (C=O) groups is 1. The van der Waals surface area contributed by atoms with Crippen LogP contribution in [0.2, 0.25) is 0 Å². The minimum Gasteiger partial charge on any atom is -0.327 e. The summed E-state index contributed by atoms with van der Waals surface area (Å²) in [5.74, 6) is 0.380. The highest BCUT2D eigenvalue weighted by molar-refractivity contribution is 7.89. The second kappa shape index (κ2) is 5.62. The summed E-state index contributed by atoms with van der Waals surface area (Å²) in [6.45, 7) is 2.40. The van der Waals surface area contributed by atoms with Crippen LogP contribution in [-0.4, -0.2) is 30.1 Å². The molecule has 1 heterocycles. The van der Waals surface area contributed by atoms with Crippen LogP contribution in [0.3, 0.4) is 0 Å². The highest BCUT2D eigenvalue weighted by Crippen LogP contribution is 2.16. The van der Waals surface area contributed by atoms with Gasteiger partial charge in [-0.1, -0.05) is 19.1 Å². The van der Waals surface area contributed by atoms with E-state index in [-0.39, 0.29) is 6.42 Å². The molecule has 2 aromatic rings. The van der Waals surface area contributed by atoms with Gasteiger partial charge in [0.15, 0.2) is 0 Å². The van der Waals surface area contributed by atoms with Gasteiger partial charge in [0.2, 0.25) is 15.9 Å². The summed E-state index contributed by atoms with van der Waals surface area (Å²) in [5.41, 5.74) is 1.84. The number of rotatable bonds is 5. The Morgan fingerprint density at radius 1 is 1.35 bits per heavy atom. The van der Waals surface area contributed by atoms with Crippen molar-refractivity contribution in [2.75, 3.05) is 6.26 Å². The van der Waals surface area contributed by atoms with E-state index in [9.17, 15) is 13.2 Å². The van der Waals surface area contributed by atoms with Gasteiger partial charge in [0.1, 0.15) is 5.82 Å². The maximum atomic E-state index is 11.6. The lowest BCUT2D eigenvalue weighted by molar-refractivity contribution is -0.119. The number of hydrogen-bond donors (Lipinski definition) is 1. The van der Waals surface area contributed by atoms with Crippen molar-refractivity contribution in [1.82, 2.24) is 14.3 Å². The second-order valence-electron chi connectivity index (χ2n) is 4.57. The molecule has 2 rings (SSSR count). The van der Waals surface area contributed by atoms with Gasteiger partial charge in [0, 0.05) is 19.4 Å². The van der Waals surface area contributed by atoms with Crippen LogP contribution in [-0.2, 0) is 27.8 Å². The van der Waals surface area contributed by atoms with E-state index in [0.29, 0.717) is 6.54 Å². The molecule has 0 saturated heterocycles. The van der Waals surface area contributed by atoms with Gasteiger partial charge in [-0.25, -0.2) is 13.4 Å². The Labute approximate surface area is 117 Å². The summed E-state index contributed by atoms with van der Waals surface area (Å²) in [7, 11) is -3.50. The monoisotopic (exact) mass is 295 g/mol. The van der Waals surface area contributed by atoms with E-state index < -0.39 is 15.9 Å². The highest BCUT2D eigenvalue weighted by atomic mass is 32.2. The molecule has 0 aliphatic rings. The van der Waals surface area contributed by atoms with Crippen LogP contribution in [0.15, 0.2) is 24.3 Å². The standard InChI is InChI=1S/C13H17N3O3S/c1-3-12-14-10-6-4-5-7-11(10)16(12)9-8-13(17)15-20(2,18)19/h4-7H,3,8-9H2,1-2H3,(H,15,17). The summed E-state index contributed by atoms with van der Waals surface area (Å²) in [6.07, 6.45) is 1.82. The molecule has 0 saturated carbocycles. The van der Waals surface area contributed by atoms with Crippen molar-refractivity contribution >= 4 is 27.0 Å². The number of benzene rings is 1. The number of nitrogens with zero attached hydrogens (tertiary/aromatic N) is 2. The molecule has 0 bridgehead atoms. The molecule has 0 aliphatic carbocycles. The zero-order chi connectivity index (χ0) is 14.8. The topological polar surface area (TPSA) is 81.1 Å². The van der Waals surface area contributed by atoms with Crippen LogP contribution in [0, 0.1) is 0 Å². The summed E-state index contributed by atoms with van der Waals surface area (Å²) in [6, 6.07) is 7.68. The normalized spacial score (nSPS) is 11.7. The summed E-state index contributed by atoms with van der Waals surface area (Å²) < 4.78 is 25.9. The molecule has 0 radical (unpaired) electrons. The largest absolute Gasteiger partial charge is 0.327 e. The molecule has 0 aliphatic heterocycles. The zero-order valence-corrected chi connectivity index (χ0v) is 12.3. The lowest BCUT2D eigenvalue weighted by atomic mass is 10.3. The van der Waals surface area contributed by atoms with Crippen molar-refractivity contribution in [1.29, 1.82) is 0 Å². The van der Waals surface area contributed by atoms with E-state index in [4.69, 9.17) is 0 Å². The van der Waals surface area contributed by atoms with Crippen LogP contribution in [0.5, 0.6) is 0 Å². The van der Waals surface area contributed by atoms with E-state index >= 15 is 0 Å². The van der Waals surface area contributed by atoms with Crippen LogP contribution in [0.25, 0.3) is 11.0 Å². The Kier molecular flexibility index (Phi) is 4.08. The van der Waals surface area contributed by atoms with Gasteiger partial charge in [0.05, 0.1) is 17.3 Å². The first kappa shape index (κ1) is 14.5. The molecule has 108 valence electrons. The number of carbonyl (C=O) groups excluding carboxylic acids is 1. The number of aryl methyl sites for hydroxylation is 2. The Morgan fingerprint density at radius 3 is 2.70 bits per heavy atom. The van der Waals surface area contributed by atoms with Gasteiger partial charge < -0.3 is 4.57 Å². The molecule has 1 N–H and O–H groups in total. The molecule has 1 aromatic heterocycles. The van der Waals surface area contributed by atoms with Crippen LogP contribution in [0.1, 0.15) is 19.2 Å². The molecule has 0 spiro atoms. The van der Waals surface area contributed by atoms with Crippen molar-refractivity contribution in [2.24, 2.45) is 0 Å². The predicted octanol–water partition coefficient (Wildman–Crippen LogP) is 1.06. The first-order valence-corrected chi connectivity index (χ1v) is 8.24. The fourth-order valence-electron chi connectivity index (χ4n) is 2.12. The first-order chi connectivity index (χ1) is 9.40. The van der Waals surface area contributed by atoms with Crippen LogP contribution >= 0.6 is 0 Å². The molecule has 7 heteroatoms. The fourth-order valence-corrected chi connectivity index (χ4v) is 2.63. The number of hydrogen-bond acceptors (Lipinski definition) is 4. The smallest absolute Gasteiger partial charge is 0.235 e. The average molecular weight is 295 g/mol. The summed E-state index contributed by atoms with van der Waals surface area (Å²) in [5, 5.41) is 0. The summed E-state index contributed by atoms with van der Waals surface area (Å²) >= 11 is 0. The van der Waals surface area contributed by atoms with E-state index in [1.165, 1.54) is 0 Å². The number of sulfonamides is 1. The molecule has 1 aromatic carbocycles. The van der Waals surface area contributed by atoms with Crippen LogP contribution < -0.4 is 4.72 Å². The molecular formula is C13H17N3O3S. The third kappa shape index (κ3) is 3.36. The van der Waals surface area contributed by atoms with Crippen molar-refractivity contribution in [3.8, 4) is 0 Å². The summed E-state index contributed by atoms with van der Waals surface area (Å²) in [4.78, 5) is 16.1. The molecule has 0 atom stereocenters. The van der Waals surface area contributed by atoms with Crippen molar-refractivity contribution < 1.29 is 13.2 Å². The van der Waals surface area contributed by atoms with E-state index in [1.54, 1.807) is 0 Å². The molecule has 1 amide bonds. The number of aromatic nitrogens is 2. The van der Waals surface area contributed by atoms with E-state index in [0.717, 1.165) is 29.5 Å². The highest BCUT2D eigenvalue weighted by Gasteiger charge is 2.12. The minimum atomic E-state index is -3.50. The Hall–Kier alpha value is -1.89. The minimum absolute atomic E-state index is 0.0976. The molecule has 0 unspecified atom stereocenters. The Balaban J connectivity index is 2.19. The molecule has 0 fully saturated rings. The Morgan fingerprint density at radius 2 is 2.05 bits per heavy atom. The van der Waals surface area contributed by atoms with Crippen molar-refractivity contribution in [2.45, 2.75) is 26.3 Å². The number of para-hydroxylation sites is 2. The van der Waals surface area contributed by atoms with Gasteiger partial charge in [0.25, 0.3) is 0 Å². The van der Waals surface area contributed by atoms with Gasteiger partial charge in [-0.05, 0) is 12.1 Å². The quantitative estimate of drug-likeness (QED) is 0.894. The van der Waals surface area contributed by atoms with Gasteiger partial charge in [-0.2, -0.15) is 0 Å². The third-order valence-electron chi connectivity index (χ3n) is 2.91. The molecular weight excluding hydrogens is 278 g/mol. The van der Waals surface area contributed by atoms with Gasteiger partial charge >= 0.3 is 0 Å². The number of fused-ring (bicyclic) bond motifs is 1. The fraction of sp³-hybridized carbons (Fsp3) is 0.385. The second-order valence-corrected chi connectivity index (χ2v) is 6.32. The first-order valence-electron chi connectivity index (χ1n) is 6.35. The maximum Gasteiger partial charge on any atom is 0.235 e. The maximum absolute atomic E-state index is 11.6. The third-order valence-corrected chi connectivity index (χ3v) is 3.51. The van der Waals surface area contributed by atoms with Gasteiger partial charge in [-0.3, -0.25) is 9.52 Å². The molecule has 20 heavy (non-hydrogen) atoms. The van der Waals surface area contributed by atoms with Crippen molar-refractivity contribution in [3.63, 3.8) is 0 Å². The molecule has 6 nitrogen and oxygen atoms in total. The van der Waals surface area contributed by atoms with Gasteiger partial charge in [-0.15, -0.1) is 0 Å². The number of nitrogens with one attached hydrogen (secondary N) is 1. The van der Waals surface area contributed by atoms with Crippen LogP contribution in [0.4, 0.5) is 0 Å². The SMILES string of the molecule is CCc1nc2ccccc2n1CCC(=O)NS(C)(=O)=O. The van der Waals surface area contributed by atoms with Crippen molar-refractivity contribution in [3.05, 3.63) is 30.1 Å². The zero-order valence-electron chi connectivity index (χ0n) is 11.5. The van der Waals surface area contributed by atoms with E-state index in [1.807, 2.05) is 40.5 Å².